The van der Waals surface area contributed by atoms with Gasteiger partial charge in [-0.25, -0.2) is 0 Å². The monoisotopic (exact) mass is 414 g/mol. The highest BCUT2D eigenvalue weighted by atomic mass is 16.5. The van der Waals surface area contributed by atoms with Crippen LogP contribution in [0, 0.1) is 13.8 Å². The van der Waals surface area contributed by atoms with Crippen LogP contribution >= 0.6 is 0 Å². The minimum Gasteiger partial charge on any atom is -0.492 e. The fourth-order valence-electron chi connectivity index (χ4n) is 4.93. The lowest BCUT2D eigenvalue weighted by atomic mass is 9.90. The topological polar surface area (TPSA) is 55.8 Å². The molecule has 0 aromatic heterocycles. The third kappa shape index (κ3) is 3.67. The lowest BCUT2D eigenvalue weighted by Gasteiger charge is -2.27. The Morgan fingerprint density at radius 3 is 2.58 bits per heavy atom. The maximum Gasteiger partial charge on any atom is 0.304 e. The van der Waals surface area contributed by atoms with Crippen molar-refractivity contribution in [1.29, 1.82) is 0 Å². The van der Waals surface area contributed by atoms with E-state index < -0.39 is 5.97 Å². The highest BCUT2D eigenvalue weighted by molar-refractivity contribution is 5.71. The van der Waals surface area contributed by atoms with Gasteiger partial charge in [-0.1, -0.05) is 36.4 Å². The van der Waals surface area contributed by atoms with Crippen LogP contribution in [0.5, 0.6) is 11.5 Å². The van der Waals surface area contributed by atoms with Gasteiger partial charge in [0.15, 0.2) is 0 Å². The first-order valence-corrected chi connectivity index (χ1v) is 10.8. The van der Waals surface area contributed by atoms with Gasteiger partial charge in [0, 0.05) is 17.5 Å². The number of benzene rings is 3. The van der Waals surface area contributed by atoms with E-state index in [0.29, 0.717) is 6.61 Å². The standard InChI is InChI=1S/C27H26O4/c1-16-5-3-6-17(2)27(16)20-8-4-7-18(11-20)23-10-9-19-12-22-21(13-26(28)29)15-30-25(22)14-24(19)31-23/h3-8,11-12,14,21,23H,9-10,13,15H2,1-2H3,(H,28,29)/t21-,23?/m1/s1. The summed E-state index contributed by atoms with van der Waals surface area (Å²) in [7, 11) is 0. The molecule has 2 heterocycles. The van der Waals surface area contributed by atoms with Gasteiger partial charge in [-0.3, -0.25) is 4.79 Å². The SMILES string of the molecule is Cc1cccc(C)c1-c1cccc(C2CCc3cc4c(cc3O2)OC[C@H]4CC(=O)O)c1. The molecule has 1 unspecified atom stereocenters. The predicted molar refractivity (Wildman–Crippen MR) is 120 cm³/mol. The molecule has 3 aromatic carbocycles. The summed E-state index contributed by atoms with van der Waals surface area (Å²) in [6.45, 7) is 4.73. The average Bonchev–Trinajstić information content (AvgIpc) is 3.13. The van der Waals surface area contributed by atoms with Crippen LogP contribution in [0.2, 0.25) is 0 Å². The van der Waals surface area contributed by atoms with Crippen LogP contribution in [0.3, 0.4) is 0 Å². The van der Waals surface area contributed by atoms with E-state index in [4.69, 9.17) is 14.6 Å². The van der Waals surface area contributed by atoms with Gasteiger partial charge in [-0.05, 0) is 72.2 Å². The van der Waals surface area contributed by atoms with Crippen molar-refractivity contribution >= 4 is 5.97 Å². The number of fused-ring (bicyclic) bond motifs is 2. The molecule has 1 N–H and O–H groups in total. The zero-order valence-electron chi connectivity index (χ0n) is 17.9. The van der Waals surface area contributed by atoms with Crippen LogP contribution < -0.4 is 9.47 Å². The minimum absolute atomic E-state index is 0.00829. The molecular weight excluding hydrogens is 388 g/mol. The van der Waals surface area contributed by atoms with Crippen LogP contribution in [0.4, 0.5) is 0 Å². The lowest BCUT2D eigenvalue weighted by Crippen LogP contribution is -2.15. The Hall–Kier alpha value is -3.27. The van der Waals surface area contributed by atoms with Gasteiger partial charge in [0.2, 0.25) is 0 Å². The molecule has 31 heavy (non-hydrogen) atoms. The Bertz CT molecular complexity index is 1140. The molecule has 0 saturated carbocycles. The fraction of sp³-hybridized carbons (Fsp3) is 0.296. The number of carboxylic acids is 1. The molecule has 0 radical (unpaired) electrons. The molecule has 0 spiro atoms. The molecule has 158 valence electrons. The van der Waals surface area contributed by atoms with Crippen molar-refractivity contribution in [2.45, 2.75) is 45.1 Å². The first kappa shape index (κ1) is 19.7. The van der Waals surface area contributed by atoms with Gasteiger partial charge >= 0.3 is 5.97 Å². The van der Waals surface area contributed by atoms with Crippen molar-refractivity contribution in [3.8, 4) is 22.6 Å². The lowest BCUT2D eigenvalue weighted by molar-refractivity contribution is -0.137. The van der Waals surface area contributed by atoms with E-state index >= 15 is 0 Å². The number of carboxylic acid groups (broad SMARTS) is 1. The number of rotatable bonds is 4. The number of hydrogen-bond acceptors (Lipinski definition) is 3. The second-order valence-electron chi connectivity index (χ2n) is 8.64. The Kier molecular flexibility index (Phi) is 4.93. The normalized spacial score (nSPS) is 19.2. The fourth-order valence-corrected chi connectivity index (χ4v) is 4.93. The largest absolute Gasteiger partial charge is 0.492 e. The molecule has 0 fully saturated rings. The summed E-state index contributed by atoms with van der Waals surface area (Å²) in [6, 6.07) is 19.1. The molecule has 3 aromatic rings. The van der Waals surface area contributed by atoms with Crippen LogP contribution in [0.1, 0.15) is 52.7 Å². The van der Waals surface area contributed by atoms with E-state index in [1.807, 2.05) is 6.07 Å². The Balaban J connectivity index is 1.43. The van der Waals surface area contributed by atoms with Crippen molar-refractivity contribution in [3.63, 3.8) is 0 Å². The van der Waals surface area contributed by atoms with E-state index in [0.717, 1.165) is 35.5 Å². The third-order valence-corrected chi connectivity index (χ3v) is 6.47. The van der Waals surface area contributed by atoms with Gasteiger partial charge in [-0.15, -0.1) is 0 Å². The number of hydrogen-bond donors (Lipinski definition) is 1. The van der Waals surface area contributed by atoms with Crippen LogP contribution in [0.25, 0.3) is 11.1 Å². The number of carbonyl (C=O) groups is 1. The third-order valence-electron chi connectivity index (χ3n) is 6.47. The maximum absolute atomic E-state index is 11.1. The summed E-state index contributed by atoms with van der Waals surface area (Å²) >= 11 is 0. The first-order chi connectivity index (χ1) is 15.0. The van der Waals surface area contributed by atoms with Gasteiger partial charge < -0.3 is 14.6 Å². The second kappa shape index (κ2) is 7.77. The molecule has 0 bridgehead atoms. The van der Waals surface area contributed by atoms with Gasteiger partial charge in [-0.2, -0.15) is 0 Å². The Labute approximate surface area is 182 Å². The highest BCUT2D eigenvalue weighted by Crippen LogP contribution is 2.44. The average molecular weight is 415 g/mol. The summed E-state index contributed by atoms with van der Waals surface area (Å²) in [4.78, 5) is 11.1. The quantitative estimate of drug-likeness (QED) is 0.570. The number of aryl methyl sites for hydroxylation is 3. The summed E-state index contributed by atoms with van der Waals surface area (Å²) < 4.78 is 12.2. The summed E-state index contributed by atoms with van der Waals surface area (Å²) in [5.74, 6) is 0.738. The van der Waals surface area contributed by atoms with Crippen molar-refractivity contribution < 1.29 is 19.4 Å². The molecule has 4 heteroatoms. The summed E-state index contributed by atoms with van der Waals surface area (Å²) in [5, 5.41) is 9.16. The van der Waals surface area contributed by atoms with E-state index in [1.165, 1.54) is 27.8 Å². The molecule has 0 aliphatic carbocycles. The molecule has 0 amide bonds. The molecule has 4 nitrogen and oxygen atoms in total. The van der Waals surface area contributed by atoms with Crippen molar-refractivity contribution in [1.82, 2.24) is 0 Å². The Morgan fingerprint density at radius 1 is 1.03 bits per heavy atom. The smallest absolute Gasteiger partial charge is 0.304 e. The highest BCUT2D eigenvalue weighted by Gasteiger charge is 2.30. The number of ether oxygens (including phenoxy) is 2. The minimum atomic E-state index is -0.792. The molecule has 2 aliphatic heterocycles. The Morgan fingerprint density at radius 2 is 1.81 bits per heavy atom. The molecule has 5 rings (SSSR count). The zero-order chi connectivity index (χ0) is 21.5. The van der Waals surface area contributed by atoms with Gasteiger partial charge in [0.05, 0.1) is 13.0 Å². The van der Waals surface area contributed by atoms with E-state index in [1.54, 1.807) is 0 Å². The van der Waals surface area contributed by atoms with Crippen molar-refractivity contribution in [3.05, 3.63) is 82.4 Å². The van der Waals surface area contributed by atoms with E-state index in [-0.39, 0.29) is 18.4 Å². The summed E-state index contributed by atoms with van der Waals surface area (Å²) in [6.07, 6.45) is 1.89. The number of aliphatic carboxylic acids is 1. The van der Waals surface area contributed by atoms with E-state index in [9.17, 15) is 4.79 Å². The molecule has 0 saturated heterocycles. The van der Waals surface area contributed by atoms with Gasteiger partial charge in [0.1, 0.15) is 17.6 Å². The van der Waals surface area contributed by atoms with Crippen LogP contribution in [0.15, 0.2) is 54.6 Å². The molecular formula is C27H26O4. The summed E-state index contributed by atoms with van der Waals surface area (Å²) in [5.41, 5.74) is 8.37. The van der Waals surface area contributed by atoms with E-state index in [2.05, 4.69) is 62.4 Å². The van der Waals surface area contributed by atoms with Crippen molar-refractivity contribution in [2.24, 2.45) is 0 Å². The van der Waals surface area contributed by atoms with Crippen LogP contribution in [-0.2, 0) is 11.2 Å². The molecule has 2 aliphatic rings. The predicted octanol–water partition coefficient (Wildman–Crippen LogP) is 5.99. The second-order valence-corrected chi connectivity index (χ2v) is 8.64. The van der Waals surface area contributed by atoms with Gasteiger partial charge in [0.25, 0.3) is 0 Å². The van der Waals surface area contributed by atoms with Crippen molar-refractivity contribution in [2.75, 3.05) is 6.61 Å². The zero-order valence-corrected chi connectivity index (χ0v) is 17.9. The first-order valence-electron chi connectivity index (χ1n) is 10.8. The van der Waals surface area contributed by atoms with Crippen LogP contribution in [-0.4, -0.2) is 17.7 Å². The molecule has 2 atom stereocenters. The maximum atomic E-state index is 11.1.